The normalized spacial score (nSPS) is 11.4. The third kappa shape index (κ3) is 2.95. The number of H-pyrrole nitrogens is 1. The first kappa shape index (κ1) is 10.9. The third-order valence-electron chi connectivity index (χ3n) is 1.34. The van der Waals surface area contributed by atoms with Crippen molar-refractivity contribution in [3.05, 3.63) is 28.0 Å². The number of halogens is 4. The monoisotopic (exact) mass is 227 g/mol. The first-order valence-corrected chi connectivity index (χ1v) is 3.99. The summed E-state index contributed by atoms with van der Waals surface area (Å²) in [7, 11) is 0. The molecule has 0 aromatic carbocycles. The van der Waals surface area contributed by atoms with Gasteiger partial charge in [0.2, 0.25) is 5.88 Å². The van der Waals surface area contributed by atoms with Gasteiger partial charge >= 0.3 is 6.36 Å². The fourth-order valence-corrected chi connectivity index (χ4v) is 0.980. The van der Waals surface area contributed by atoms with Crippen LogP contribution in [0.1, 0.15) is 5.56 Å². The molecule has 1 aromatic rings. The highest BCUT2D eigenvalue weighted by atomic mass is 35.5. The molecule has 0 aliphatic rings. The highest BCUT2D eigenvalue weighted by Gasteiger charge is 2.31. The summed E-state index contributed by atoms with van der Waals surface area (Å²) in [6.45, 7) is 0. The first-order valence-electron chi connectivity index (χ1n) is 3.45. The minimum atomic E-state index is -4.81. The Hall–Kier alpha value is -1.17. The lowest BCUT2D eigenvalue weighted by molar-refractivity contribution is -0.276. The second-order valence-electron chi connectivity index (χ2n) is 2.37. The van der Waals surface area contributed by atoms with Crippen LogP contribution in [0.5, 0.6) is 5.88 Å². The van der Waals surface area contributed by atoms with Crippen LogP contribution in [0.4, 0.5) is 13.2 Å². The molecule has 0 amide bonds. The fraction of sp³-hybridized carbons (Fsp3) is 0.286. The van der Waals surface area contributed by atoms with Gasteiger partial charge in [-0.15, -0.1) is 24.8 Å². The molecule has 0 radical (unpaired) electrons. The maximum absolute atomic E-state index is 11.7. The molecule has 14 heavy (non-hydrogen) atoms. The van der Waals surface area contributed by atoms with Gasteiger partial charge in [0.05, 0.1) is 5.88 Å². The Bertz CT molecular complexity index is 374. The Labute approximate surface area is 81.5 Å². The lowest BCUT2D eigenvalue weighted by Crippen LogP contribution is -2.19. The average Bonchev–Trinajstić information content (AvgIpc) is 2.01. The quantitative estimate of drug-likeness (QED) is 0.786. The summed E-state index contributed by atoms with van der Waals surface area (Å²) in [6, 6.07) is 0.700. The molecule has 78 valence electrons. The highest BCUT2D eigenvalue weighted by Crippen LogP contribution is 2.19. The van der Waals surface area contributed by atoms with E-state index in [1.165, 1.54) is 0 Å². The predicted molar refractivity (Wildman–Crippen MR) is 43.3 cm³/mol. The predicted octanol–water partition coefficient (Wildman–Crippen LogP) is 2.01. The molecule has 0 spiro atoms. The average molecular weight is 228 g/mol. The lowest BCUT2D eigenvalue weighted by Gasteiger charge is -2.07. The molecular weight excluding hydrogens is 223 g/mol. The van der Waals surface area contributed by atoms with E-state index < -0.39 is 17.7 Å². The van der Waals surface area contributed by atoms with Gasteiger partial charge in [0.1, 0.15) is 0 Å². The second-order valence-corrected chi connectivity index (χ2v) is 2.64. The number of rotatable bonds is 2. The molecule has 0 saturated carbocycles. The summed E-state index contributed by atoms with van der Waals surface area (Å²) >= 11 is 5.33. The SMILES string of the molecule is O=c1cc(OC(F)(F)F)[nH]cc1CCl. The van der Waals surface area contributed by atoms with Crippen molar-refractivity contribution in [2.75, 3.05) is 0 Å². The topological polar surface area (TPSA) is 42.1 Å². The van der Waals surface area contributed by atoms with Crippen LogP contribution in [-0.2, 0) is 5.88 Å². The van der Waals surface area contributed by atoms with E-state index in [9.17, 15) is 18.0 Å². The van der Waals surface area contributed by atoms with Crippen LogP contribution in [0.15, 0.2) is 17.1 Å². The van der Waals surface area contributed by atoms with Crippen molar-refractivity contribution in [1.82, 2.24) is 4.98 Å². The molecule has 0 bridgehead atoms. The van der Waals surface area contributed by atoms with Crippen LogP contribution in [0.3, 0.4) is 0 Å². The van der Waals surface area contributed by atoms with E-state index in [1.807, 2.05) is 0 Å². The largest absolute Gasteiger partial charge is 0.574 e. The lowest BCUT2D eigenvalue weighted by atomic mass is 10.3. The number of ether oxygens (including phenoxy) is 1. The minimum Gasteiger partial charge on any atom is -0.390 e. The van der Waals surface area contributed by atoms with E-state index in [0.29, 0.717) is 6.07 Å². The maximum atomic E-state index is 11.7. The van der Waals surface area contributed by atoms with Gasteiger partial charge in [0, 0.05) is 17.8 Å². The van der Waals surface area contributed by atoms with Crippen LogP contribution >= 0.6 is 11.6 Å². The summed E-state index contributed by atoms with van der Waals surface area (Å²) in [6.07, 6.45) is -3.73. The fourth-order valence-electron chi connectivity index (χ4n) is 0.771. The van der Waals surface area contributed by atoms with Crippen LogP contribution in [0, 0.1) is 0 Å². The Balaban J connectivity index is 2.93. The minimum absolute atomic E-state index is 0.0678. The van der Waals surface area contributed by atoms with Gasteiger partial charge in [-0.1, -0.05) is 0 Å². The van der Waals surface area contributed by atoms with Gasteiger partial charge < -0.3 is 9.72 Å². The van der Waals surface area contributed by atoms with E-state index in [2.05, 4.69) is 9.72 Å². The Kier molecular flexibility index (Phi) is 3.05. The molecule has 1 aromatic heterocycles. The third-order valence-corrected chi connectivity index (χ3v) is 1.62. The highest BCUT2D eigenvalue weighted by molar-refractivity contribution is 6.17. The number of aromatic amines is 1. The summed E-state index contributed by atoms with van der Waals surface area (Å²) in [5.74, 6) is -0.724. The first-order chi connectivity index (χ1) is 6.42. The Morgan fingerprint density at radius 1 is 1.50 bits per heavy atom. The van der Waals surface area contributed by atoms with Gasteiger partial charge in [0.15, 0.2) is 5.43 Å². The second kappa shape index (κ2) is 3.91. The number of hydrogen-bond acceptors (Lipinski definition) is 2. The zero-order valence-electron chi connectivity index (χ0n) is 6.69. The number of nitrogens with one attached hydrogen (secondary N) is 1. The van der Waals surface area contributed by atoms with Gasteiger partial charge in [-0.3, -0.25) is 4.79 Å². The molecule has 1 N–H and O–H groups in total. The molecule has 3 nitrogen and oxygen atoms in total. The van der Waals surface area contributed by atoms with E-state index >= 15 is 0 Å². The molecule has 0 unspecified atom stereocenters. The standard InChI is InChI=1S/C7H5ClF3NO2/c8-2-4-3-12-6(1-5(4)13)14-7(9,10)11/h1,3H,2H2,(H,12,13). The molecule has 0 aliphatic heterocycles. The summed E-state index contributed by atoms with van der Waals surface area (Å²) in [5, 5.41) is 0. The summed E-state index contributed by atoms with van der Waals surface area (Å²) in [5.41, 5.74) is -0.417. The summed E-state index contributed by atoms with van der Waals surface area (Å²) < 4.78 is 38.5. The summed E-state index contributed by atoms with van der Waals surface area (Å²) in [4.78, 5) is 13.2. The van der Waals surface area contributed by atoms with Crippen molar-refractivity contribution in [2.24, 2.45) is 0 Å². The van der Waals surface area contributed by atoms with Gasteiger partial charge in [-0.25, -0.2) is 0 Å². The smallest absolute Gasteiger partial charge is 0.390 e. The maximum Gasteiger partial charge on any atom is 0.574 e. The zero-order valence-corrected chi connectivity index (χ0v) is 7.45. The molecule has 0 fully saturated rings. The van der Waals surface area contributed by atoms with Gasteiger partial charge in [-0.05, 0) is 0 Å². The van der Waals surface area contributed by atoms with E-state index in [-0.39, 0.29) is 11.4 Å². The molecule has 1 heterocycles. The van der Waals surface area contributed by atoms with Crippen molar-refractivity contribution in [3.8, 4) is 5.88 Å². The van der Waals surface area contributed by atoms with Gasteiger partial charge in [0.25, 0.3) is 0 Å². The Morgan fingerprint density at radius 3 is 2.57 bits per heavy atom. The molecule has 0 saturated heterocycles. The van der Waals surface area contributed by atoms with E-state index in [4.69, 9.17) is 11.6 Å². The number of hydrogen-bond donors (Lipinski definition) is 1. The van der Waals surface area contributed by atoms with Crippen molar-refractivity contribution in [3.63, 3.8) is 0 Å². The number of aromatic nitrogens is 1. The van der Waals surface area contributed by atoms with Crippen LogP contribution in [0.25, 0.3) is 0 Å². The number of alkyl halides is 4. The van der Waals surface area contributed by atoms with Crippen molar-refractivity contribution in [2.45, 2.75) is 12.2 Å². The van der Waals surface area contributed by atoms with Crippen molar-refractivity contribution >= 4 is 11.6 Å². The molecular formula is C7H5ClF3NO2. The zero-order chi connectivity index (χ0) is 10.8. The molecule has 0 aliphatic carbocycles. The molecule has 0 atom stereocenters. The van der Waals surface area contributed by atoms with Crippen molar-refractivity contribution in [1.29, 1.82) is 0 Å². The van der Waals surface area contributed by atoms with Crippen LogP contribution < -0.4 is 10.2 Å². The van der Waals surface area contributed by atoms with Crippen LogP contribution in [0.2, 0.25) is 0 Å². The Morgan fingerprint density at radius 2 is 2.14 bits per heavy atom. The van der Waals surface area contributed by atoms with E-state index in [0.717, 1.165) is 6.20 Å². The van der Waals surface area contributed by atoms with Gasteiger partial charge in [-0.2, -0.15) is 0 Å². The molecule has 7 heteroatoms. The molecule has 1 rings (SSSR count). The number of pyridine rings is 1. The van der Waals surface area contributed by atoms with E-state index in [1.54, 1.807) is 0 Å². The van der Waals surface area contributed by atoms with Crippen molar-refractivity contribution < 1.29 is 17.9 Å². The van der Waals surface area contributed by atoms with Crippen LogP contribution in [-0.4, -0.2) is 11.3 Å².